The van der Waals surface area contributed by atoms with Gasteiger partial charge in [0.25, 0.3) is 0 Å². The van der Waals surface area contributed by atoms with Crippen molar-refractivity contribution < 1.29 is 14.3 Å². The summed E-state index contributed by atoms with van der Waals surface area (Å²) in [6.45, 7) is 2.07. The molecule has 15 heavy (non-hydrogen) atoms. The normalized spacial score (nSPS) is 20.5. The van der Waals surface area contributed by atoms with Crippen LogP contribution in [-0.4, -0.2) is 11.9 Å². The number of ether oxygens (including phenoxy) is 1. The Balaban J connectivity index is 2.22. The van der Waals surface area contributed by atoms with Gasteiger partial charge in [-0.3, -0.25) is 9.59 Å². The standard InChI is InChI=1S/C12H12O3/c1-2-8-3-5-9(6-4-8)10-7-11(13)15-12(10)14/h3-6,10H,2,7H2,1H3. The van der Waals surface area contributed by atoms with Crippen molar-refractivity contribution >= 4 is 11.9 Å². The van der Waals surface area contributed by atoms with Gasteiger partial charge >= 0.3 is 11.9 Å². The van der Waals surface area contributed by atoms with Crippen molar-refractivity contribution in [1.29, 1.82) is 0 Å². The van der Waals surface area contributed by atoms with Crippen LogP contribution < -0.4 is 0 Å². The average molecular weight is 204 g/mol. The van der Waals surface area contributed by atoms with Crippen LogP contribution in [-0.2, 0) is 20.7 Å². The summed E-state index contributed by atoms with van der Waals surface area (Å²) in [6, 6.07) is 7.74. The molecule has 1 fully saturated rings. The minimum atomic E-state index is -0.427. The van der Waals surface area contributed by atoms with Crippen molar-refractivity contribution in [2.24, 2.45) is 0 Å². The zero-order chi connectivity index (χ0) is 10.8. The van der Waals surface area contributed by atoms with Gasteiger partial charge in [-0.1, -0.05) is 31.2 Å². The maximum Gasteiger partial charge on any atom is 0.321 e. The van der Waals surface area contributed by atoms with Gasteiger partial charge in [0.05, 0.1) is 12.3 Å². The van der Waals surface area contributed by atoms with Crippen LogP contribution in [0.25, 0.3) is 0 Å². The smallest absolute Gasteiger partial charge is 0.321 e. The quantitative estimate of drug-likeness (QED) is 0.545. The minimum absolute atomic E-state index is 0.171. The molecular weight excluding hydrogens is 192 g/mol. The molecule has 0 aromatic heterocycles. The van der Waals surface area contributed by atoms with Crippen LogP contribution >= 0.6 is 0 Å². The fourth-order valence-corrected chi connectivity index (χ4v) is 1.71. The predicted molar refractivity (Wildman–Crippen MR) is 54.3 cm³/mol. The molecule has 1 atom stereocenters. The van der Waals surface area contributed by atoms with Gasteiger partial charge < -0.3 is 4.74 Å². The van der Waals surface area contributed by atoms with E-state index < -0.39 is 17.9 Å². The van der Waals surface area contributed by atoms with Crippen molar-refractivity contribution in [1.82, 2.24) is 0 Å². The summed E-state index contributed by atoms with van der Waals surface area (Å²) < 4.78 is 4.51. The summed E-state index contributed by atoms with van der Waals surface area (Å²) in [5, 5.41) is 0. The highest BCUT2D eigenvalue weighted by Crippen LogP contribution is 2.27. The summed E-state index contributed by atoms with van der Waals surface area (Å²) in [6.07, 6.45) is 1.14. The summed E-state index contributed by atoms with van der Waals surface area (Å²) >= 11 is 0. The number of carbonyl (C=O) groups is 2. The van der Waals surface area contributed by atoms with E-state index in [0.717, 1.165) is 12.0 Å². The highest BCUT2D eigenvalue weighted by molar-refractivity contribution is 5.97. The van der Waals surface area contributed by atoms with E-state index in [-0.39, 0.29) is 6.42 Å². The molecule has 1 aromatic rings. The SMILES string of the molecule is CCc1ccc(C2CC(=O)OC2=O)cc1. The molecule has 0 N–H and O–H groups in total. The van der Waals surface area contributed by atoms with Crippen LogP contribution in [0.2, 0.25) is 0 Å². The van der Waals surface area contributed by atoms with E-state index >= 15 is 0 Å². The zero-order valence-corrected chi connectivity index (χ0v) is 8.53. The largest absolute Gasteiger partial charge is 0.393 e. The van der Waals surface area contributed by atoms with Crippen molar-refractivity contribution in [3.8, 4) is 0 Å². The van der Waals surface area contributed by atoms with Crippen LogP contribution in [0.15, 0.2) is 24.3 Å². The summed E-state index contributed by atoms with van der Waals surface area (Å²) in [5.74, 6) is -1.25. The first-order valence-corrected chi connectivity index (χ1v) is 5.04. The fraction of sp³-hybridized carbons (Fsp3) is 0.333. The van der Waals surface area contributed by atoms with Crippen LogP contribution in [0.4, 0.5) is 0 Å². The summed E-state index contributed by atoms with van der Waals surface area (Å²) in [7, 11) is 0. The number of carbonyl (C=O) groups excluding carboxylic acids is 2. The lowest BCUT2D eigenvalue weighted by Crippen LogP contribution is -2.05. The van der Waals surface area contributed by atoms with Crippen molar-refractivity contribution in [2.45, 2.75) is 25.7 Å². The van der Waals surface area contributed by atoms with E-state index in [1.54, 1.807) is 0 Å². The Hall–Kier alpha value is -1.64. The van der Waals surface area contributed by atoms with Crippen molar-refractivity contribution in [2.75, 3.05) is 0 Å². The van der Waals surface area contributed by atoms with Gasteiger partial charge in [0.2, 0.25) is 0 Å². The van der Waals surface area contributed by atoms with Gasteiger partial charge in [0.15, 0.2) is 0 Å². The molecule has 0 bridgehead atoms. The summed E-state index contributed by atoms with van der Waals surface area (Å²) in [5.41, 5.74) is 2.08. The maximum atomic E-state index is 11.3. The molecule has 0 aliphatic carbocycles. The van der Waals surface area contributed by atoms with Crippen LogP contribution in [0.1, 0.15) is 30.4 Å². The molecule has 0 spiro atoms. The number of cyclic esters (lactones) is 2. The molecule has 78 valence electrons. The Labute approximate surface area is 88.1 Å². The number of benzene rings is 1. The maximum absolute atomic E-state index is 11.3. The minimum Gasteiger partial charge on any atom is -0.393 e. The summed E-state index contributed by atoms with van der Waals surface area (Å²) in [4.78, 5) is 22.2. The Morgan fingerprint density at radius 3 is 2.40 bits per heavy atom. The van der Waals surface area contributed by atoms with E-state index in [1.807, 2.05) is 24.3 Å². The zero-order valence-electron chi connectivity index (χ0n) is 8.53. The molecule has 0 saturated carbocycles. The molecule has 0 radical (unpaired) electrons. The molecule has 3 heteroatoms. The third kappa shape index (κ3) is 1.91. The molecule has 1 unspecified atom stereocenters. The predicted octanol–water partition coefficient (Wildman–Crippen LogP) is 1.81. The first-order chi connectivity index (χ1) is 7.20. The van der Waals surface area contributed by atoms with E-state index in [1.165, 1.54) is 5.56 Å². The number of hydrogen-bond donors (Lipinski definition) is 0. The first kappa shape index (κ1) is 9.90. The van der Waals surface area contributed by atoms with Crippen LogP contribution in [0, 0.1) is 0 Å². The van der Waals surface area contributed by atoms with E-state index in [4.69, 9.17) is 0 Å². The Morgan fingerprint density at radius 2 is 1.93 bits per heavy atom. The number of aryl methyl sites for hydroxylation is 1. The second-order valence-corrected chi connectivity index (χ2v) is 3.64. The number of esters is 2. The Bertz CT molecular complexity index is 392. The van der Waals surface area contributed by atoms with Crippen LogP contribution in [0.5, 0.6) is 0 Å². The topological polar surface area (TPSA) is 43.4 Å². The van der Waals surface area contributed by atoms with Gasteiger partial charge in [0.1, 0.15) is 0 Å². The first-order valence-electron chi connectivity index (χ1n) is 5.04. The molecule has 2 rings (SSSR count). The Kier molecular flexibility index (Phi) is 2.54. The number of rotatable bonds is 2. The van der Waals surface area contributed by atoms with Gasteiger partial charge in [-0.05, 0) is 17.5 Å². The van der Waals surface area contributed by atoms with Gasteiger partial charge in [0, 0.05) is 0 Å². The lowest BCUT2D eigenvalue weighted by Gasteiger charge is -2.05. The second-order valence-electron chi connectivity index (χ2n) is 3.64. The number of hydrogen-bond acceptors (Lipinski definition) is 3. The third-order valence-corrected chi connectivity index (χ3v) is 2.66. The molecular formula is C12H12O3. The van der Waals surface area contributed by atoms with Gasteiger partial charge in [-0.25, -0.2) is 0 Å². The van der Waals surface area contributed by atoms with Gasteiger partial charge in [-0.15, -0.1) is 0 Å². The molecule has 1 heterocycles. The molecule has 1 aliphatic rings. The molecule has 0 amide bonds. The molecule has 1 aromatic carbocycles. The lowest BCUT2D eigenvalue weighted by molar-refractivity contribution is -0.152. The van der Waals surface area contributed by atoms with E-state index in [9.17, 15) is 9.59 Å². The molecule has 1 aliphatic heterocycles. The Morgan fingerprint density at radius 1 is 1.27 bits per heavy atom. The molecule has 1 saturated heterocycles. The van der Waals surface area contributed by atoms with Crippen molar-refractivity contribution in [3.05, 3.63) is 35.4 Å². The fourth-order valence-electron chi connectivity index (χ4n) is 1.71. The third-order valence-electron chi connectivity index (χ3n) is 2.66. The lowest BCUT2D eigenvalue weighted by atomic mass is 9.96. The van der Waals surface area contributed by atoms with E-state index in [0.29, 0.717) is 0 Å². The van der Waals surface area contributed by atoms with E-state index in [2.05, 4.69) is 11.7 Å². The molecule has 3 nitrogen and oxygen atoms in total. The highest BCUT2D eigenvalue weighted by Gasteiger charge is 2.34. The highest BCUT2D eigenvalue weighted by atomic mass is 16.6. The van der Waals surface area contributed by atoms with Crippen molar-refractivity contribution in [3.63, 3.8) is 0 Å². The average Bonchev–Trinajstić information content (AvgIpc) is 2.58. The van der Waals surface area contributed by atoms with Gasteiger partial charge in [-0.2, -0.15) is 0 Å². The van der Waals surface area contributed by atoms with Crippen LogP contribution in [0.3, 0.4) is 0 Å². The second kappa shape index (κ2) is 3.85. The monoisotopic (exact) mass is 204 g/mol.